The number of carboxylic acids is 1. The summed E-state index contributed by atoms with van der Waals surface area (Å²) in [6.45, 7) is 0. The standard InChI is InChI=1S/C13H12N2O4/c16-10-6-7-5-8(1-2-9(7)15-10)14-11(17)13(3-4-13)12(18)19/h1-2,5H,3-4,6H2,(H,14,17)(H,15,16)(H,18,19). The number of carbonyl (C=O) groups excluding carboxylic acids is 2. The third-order valence-electron chi connectivity index (χ3n) is 3.58. The summed E-state index contributed by atoms with van der Waals surface area (Å²) in [5, 5.41) is 14.3. The van der Waals surface area contributed by atoms with Crippen molar-refractivity contribution in [3.63, 3.8) is 0 Å². The second-order valence-corrected chi connectivity index (χ2v) is 4.94. The molecule has 1 aliphatic heterocycles. The summed E-state index contributed by atoms with van der Waals surface area (Å²) in [6, 6.07) is 5.06. The second-order valence-electron chi connectivity index (χ2n) is 4.94. The molecule has 3 rings (SSSR count). The minimum Gasteiger partial charge on any atom is -0.480 e. The highest BCUT2D eigenvalue weighted by Crippen LogP contribution is 2.46. The second kappa shape index (κ2) is 3.81. The Kier molecular flexibility index (Phi) is 2.35. The van der Waals surface area contributed by atoms with Gasteiger partial charge in [-0.2, -0.15) is 0 Å². The minimum atomic E-state index is -1.26. The van der Waals surface area contributed by atoms with Crippen molar-refractivity contribution in [1.82, 2.24) is 0 Å². The molecule has 1 aromatic rings. The van der Waals surface area contributed by atoms with Gasteiger partial charge < -0.3 is 15.7 Å². The van der Waals surface area contributed by atoms with Crippen LogP contribution in [0, 0.1) is 5.41 Å². The molecule has 1 heterocycles. The highest BCUT2D eigenvalue weighted by atomic mass is 16.4. The van der Waals surface area contributed by atoms with Gasteiger partial charge in [-0.05, 0) is 36.6 Å². The van der Waals surface area contributed by atoms with Crippen molar-refractivity contribution in [2.24, 2.45) is 5.41 Å². The maximum Gasteiger partial charge on any atom is 0.319 e. The Morgan fingerprint density at radius 3 is 2.68 bits per heavy atom. The third kappa shape index (κ3) is 1.85. The Labute approximate surface area is 108 Å². The maximum atomic E-state index is 11.9. The summed E-state index contributed by atoms with van der Waals surface area (Å²) in [7, 11) is 0. The SMILES string of the molecule is O=C1Cc2cc(NC(=O)C3(C(=O)O)CC3)ccc2N1. The van der Waals surface area contributed by atoms with E-state index >= 15 is 0 Å². The van der Waals surface area contributed by atoms with Gasteiger partial charge in [0.15, 0.2) is 0 Å². The van der Waals surface area contributed by atoms with E-state index in [1.165, 1.54) is 0 Å². The van der Waals surface area contributed by atoms with E-state index in [0.29, 0.717) is 18.5 Å². The van der Waals surface area contributed by atoms with Crippen molar-refractivity contribution in [3.05, 3.63) is 23.8 Å². The van der Waals surface area contributed by atoms with Crippen LogP contribution in [0.4, 0.5) is 11.4 Å². The molecule has 0 unspecified atom stereocenters. The fraction of sp³-hybridized carbons (Fsp3) is 0.308. The van der Waals surface area contributed by atoms with Gasteiger partial charge in [0.05, 0.1) is 6.42 Å². The Bertz CT molecular complexity index is 605. The zero-order chi connectivity index (χ0) is 13.6. The summed E-state index contributed by atoms with van der Waals surface area (Å²) < 4.78 is 0. The number of amides is 2. The third-order valence-corrected chi connectivity index (χ3v) is 3.58. The number of hydrogen-bond donors (Lipinski definition) is 3. The first kappa shape index (κ1) is 11.7. The summed E-state index contributed by atoms with van der Waals surface area (Å²) in [5.41, 5.74) is 0.811. The van der Waals surface area contributed by atoms with Gasteiger partial charge in [-0.1, -0.05) is 0 Å². The molecule has 2 aliphatic rings. The van der Waals surface area contributed by atoms with Crippen LogP contribution in [0.3, 0.4) is 0 Å². The molecule has 2 amide bonds. The molecule has 6 heteroatoms. The number of aliphatic carboxylic acids is 1. The molecule has 1 aliphatic carbocycles. The molecular weight excluding hydrogens is 248 g/mol. The number of nitrogens with one attached hydrogen (secondary N) is 2. The van der Waals surface area contributed by atoms with Crippen LogP contribution >= 0.6 is 0 Å². The number of hydrogen-bond acceptors (Lipinski definition) is 3. The molecule has 0 saturated heterocycles. The summed E-state index contributed by atoms with van der Waals surface area (Å²) in [5.74, 6) is -1.65. The molecule has 1 aromatic carbocycles. The van der Waals surface area contributed by atoms with E-state index in [1.807, 2.05) is 0 Å². The number of carboxylic acid groups (broad SMARTS) is 1. The highest BCUT2D eigenvalue weighted by Gasteiger charge is 2.57. The number of benzene rings is 1. The zero-order valence-corrected chi connectivity index (χ0v) is 10.0. The molecular formula is C13H12N2O4. The Morgan fingerprint density at radius 1 is 1.32 bits per heavy atom. The van der Waals surface area contributed by atoms with E-state index in [-0.39, 0.29) is 12.3 Å². The van der Waals surface area contributed by atoms with Crippen molar-refractivity contribution < 1.29 is 19.5 Å². The van der Waals surface area contributed by atoms with Gasteiger partial charge in [0.1, 0.15) is 5.41 Å². The normalized spacial score (nSPS) is 18.4. The van der Waals surface area contributed by atoms with Crippen molar-refractivity contribution in [1.29, 1.82) is 0 Å². The molecule has 19 heavy (non-hydrogen) atoms. The molecule has 0 aromatic heterocycles. The van der Waals surface area contributed by atoms with Crippen LogP contribution in [0.5, 0.6) is 0 Å². The smallest absolute Gasteiger partial charge is 0.319 e. The van der Waals surface area contributed by atoms with Gasteiger partial charge in [-0.15, -0.1) is 0 Å². The van der Waals surface area contributed by atoms with Gasteiger partial charge in [-0.3, -0.25) is 14.4 Å². The molecule has 1 saturated carbocycles. The lowest BCUT2D eigenvalue weighted by atomic mass is 10.1. The van der Waals surface area contributed by atoms with Gasteiger partial charge in [0, 0.05) is 11.4 Å². The van der Waals surface area contributed by atoms with Crippen molar-refractivity contribution in [2.45, 2.75) is 19.3 Å². The van der Waals surface area contributed by atoms with E-state index in [4.69, 9.17) is 5.11 Å². The van der Waals surface area contributed by atoms with Crippen LogP contribution in [0.25, 0.3) is 0 Å². The average molecular weight is 260 g/mol. The van der Waals surface area contributed by atoms with Crippen LogP contribution < -0.4 is 10.6 Å². The van der Waals surface area contributed by atoms with Crippen LogP contribution in [0.1, 0.15) is 18.4 Å². The zero-order valence-electron chi connectivity index (χ0n) is 10.0. The largest absolute Gasteiger partial charge is 0.480 e. The average Bonchev–Trinajstić information content (AvgIpc) is 3.07. The molecule has 0 atom stereocenters. The molecule has 0 radical (unpaired) electrons. The lowest BCUT2D eigenvalue weighted by molar-refractivity contribution is -0.147. The molecule has 6 nitrogen and oxygen atoms in total. The monoisotopic (exact) mass is 260 g/mol. The van der Waals surface area contributed by atoms with Crippen LogP contribution in [-0.2, 0) is 20.8 Å². The van der Waals surface area contributed by atoms with Crippen molar-refractivity contribution in [2.75, 3.05) is 10.6 Å². The summed E-state index contributed by atoms with van der Waals surface area (Å²) in [4.78, 5) is 34.2. The lowest BCUT2D eigenvalue weighted by Gasteiger charge is -2.11. The van der Waals surface area contributed by atoms with Gasteiger partial charge in [-0.25, -0.2) is 0 Å². The molecule has 1 fully saturated rings. The van der Waals surface area contributed by atoms with E-state index in [0.717, 1.165) is 11.3 Å². The molecule has 0 bridgehead atoms. The van der Waals surface area contributed by atoms with Gasteiger partial charge in [0.25, 0.3) is 0 Å². The van der Waals surface area contributed by atoms with Gasteiger partial charge >= 0.3 is 5.97 Å². The summed E-state index contributed by atoms with van der Waals surface area (Å²) >= 11 is 0. The Hall–Kier alpha value is -2.37. The van der Waals surface area contributed by atoms with Crippen LogP contribution in [-0.4, -0.2) is 22.9 Å². The lowest BCUT2D eigenvalue weighted by Crippen LogP contribution is -2.31. The van der Waals surface area contributed by atoms with E-state index in [1.54, 1.807) is 18.2 Å². The van der Waals surface area contributed by atoms with E-state index in [9.17, 15) is 14.4 Å². The number of rotatable bonds is 3. The Morgan fingerprint density at radius 2 is 2.05 bits per heavy atom. The fourth-order valence-electron chi connectivity index (χ4n) is 2.22. The van der Waals surface area contributed by atoms with Crippen molar-refractivity contribution >= 4 is 29.2 Å². The molecule has 3 N–H and O–H groups in total. The van der Waals surface area contributed by atoms with Crippen LogP contribution in [0.15, 0.2) is 18.2 Å². The number of anilines is 2. The van der Waals surface area contributed by atoms with Gasteiger partial charge in [0.2, 0.25) is 11.8 Å². The first-order valence-corrected chi connectivity index (χ1v) is 5.99. The quantitative estimate of drug-likeness (QED) is 0.706. The maximum absolute atomic E-state index is 11.9. The molecule has 98 valence electrons. The topological polar surface area (TPSA) is 95.5 Å². The number of carbonyl (C=O) groups is 3. The first-order valence-electron chi connectivity index (χ1n) is 5.99. The predicted octanol–water partition coefficient (Wildman–Crippen LogP) is 0.984. The molecule has 0 spiro atoms. The van der Waals surface area contributed by atoms with E-state index in [2.05, 4.69) is 10.6 Å². The highest BCUT2D eigenvalue weighted by molar-refractivity contribution is 6.11. The fourth-order valence-corrected chi connectivity index (χ4v) is 2.22. The minimum absolute atomic E-state index is 0.0809. The summed E-state index contributed by atoms with van der Waals surface area (Å²) in [6.07, 6.45) is 1.03. The Balaban J connectivity index is 1.78. The predicted molar refractivity (Wildman–Crippen MR) is 66.7 cm³/mol. The van der Waals surface area contributed by atoms with Crippen molar-refractivity contribution in [3.8, 4) is 0 Å². The first-order chi connectivity index (χ1) is 9.01. The number of fused-ring (bicyclic) bond motifs is 1. The van der Waals surface area contributed by atoms with Crippen LogP contribution in [0.2, 0.25) is 0 Å². The van der Waals surface area contributed by atoms with E-state index < -0.39 is 17.3 Å².